The molecule has 0 N–H and O–H groups in total. The first-order chi connectivity index (χ1) is 8.58. The molecule has 0 radical (unpaired) electrons. The summed E-state index contributed by atoms with van der Waals surface area (Å²) in [6.45, 7) is 12.0. The molecule has 0 aromatic heterocycles. The van der Waals surface area contributed by atoms with E-state index in [0.29, 0.717) is 6.04 Å². The molecule has 0 bridgehead atoms. The van der Waals surface area contributed by atoms with Gasteiger partial charge in [-0.05, 0) is 43.6 Å². The largest absolute Gasteiger partial charge is 0.300 e. The van der Waals surface area contributed by atoms with Gasteiger partial charge in [0.15, 0.2) is 0 Å². The highest BCUT2D eigenvalue weighted by Crippen LogP contribution is 2.32. The topological polar surface area (TPSA) is 3.24 Å². The summed E-state index contributed by atoms with van der Waals surface area (Å²) < 4.78 is 0. The third-order valence-corrected chi connectivity index (χ3v) is 4.55. The van der Waals surface area contributed by atoms with E-state index in [-0.39, 0.29) is 0 Å². The Bertz CT molecular complexity index is 345. The second kappa shape index (κ2) is 5.88. The average Bonchev–Trinajstić information content (AvgIpc) is 2.34. The lowest BCUT2D eigenvalue weighted by molar-refractivity contribution is 0.0571. The second-order valence-corrected chi connectivity index (χ2v) is 6.36. The smallest absolute Gasteiger partial charge is 0.00388 e. The molecule has 0 saturated carbocycles. The van der Waals surface area contributed by atoms with E-state index in [0.717, 1.165) is 17.8 Å². The van der Waals surface area contributed by atoms with Crippen LogP contribution in [-0.2, 0) is 6.42 Å². The molecule has 2 unspecified atom stereocenters. The lowest BCUT2D eigenvalue weighted by Gasteiger charge is -2.43. The van der Waals surface area contributed by atoms with Gasteiger partial charge in [-0.15, -0.1) is 0 Å². The van der Waals surface area contributed by atoms with Crippen molar-refractivity contribution < 1.29 is 0 Å². The lowest BCUT2D eigenvalue weighted by Crippen LogP contribution is -2.47. The van der Waals surface area contributed by atoms with E-state index in [9.17, 15) is 0 Å². The Labute approximate surface area is 112 Å². The summed E-state index contributed by atoms with van der Waals surface area (Å²) in [6.07, 6.45) is 1.25. The average molecular weight is 245 g/mol. The zero-order valence-electron chi connectivity index (χ0n) is 12.3. The van der Waals surface area contributed by atoms with Gasteiger partial charge in [0.05, 0.1) is 0 Å². The van der Waals surface area contributed by atoms with Crippen molar-refractivity contribution in [2.24, 2.45) is 17.8 Å². The zero-order valence-corrected chi connectivity index (χ0v) is 12.3. The van der Waals surface area contributed by atoms with Gasteiger partial charge >= 0.3 is 0 Å². The molecule has 2 atom stereocenters. The minimum Gasteiger partial charge on any atom is -0.300 e. The van der Waals surface area contributed by atoms with Crippen LogP contribution in [-0.4, -0.2) is 24.0 Å². The Kier molecular flexibility index (Phi) is 4.45. The third-order valence-electron chi connectivity index (χ3n) is 4.55. The molecule has 1 aliphatic rings. The van der Waals surface area contributed by atoms with Crippen molar-refractivity contribution in [2.45, 2.75) is 40.2 Å². The quantitative estimate of drug-likeness (QED) is 0.782. The normalized spacial score (nSPS) is 29.7. The number of benzene rings is 1. The molecule has 1 aromatic carbocycles. The molecular formula is C17H27N. The van der Waals surface area contributed by atoms with Crippen LogP contribution in [0, 0.1) is 17.8 Å². The maximum Gasteiger partial charge on any atom is 0.00388 e. The summed E-state index contributed by atoms with van der Waals surface area (Å²) in [5.41, 5.74) is 1.50. The van der Waals surface area contributed by atoms with Crippen molar-refractivity contribution in [3.8, 4) is 0 Å². The Hall–Kier alpha value is -0.820. The highest BCUT2D eigenvalue weighted by atomic mass is 15.2. The van der Waals surface area contributed by atoms with Gasteiger partial charge in [-0.1, -0.05) is 44.2 Å². The number of likely N-dealkylation sites (tertiary alicyclic amines) is 1. The van der Waals surface area contributed by atoms with E-state index < -0.39 is 0 Å². The van der Waals surface area contributed by atoms with Gasteiger partial charge in [-0.25, -0.2) is 0 Å². The van der Waals surface area contributed by atoms with E-state index in [1.165, 1.54) is 25.1 Å². The fourth-order valence-corrected chi connectivity index (χ4v) is 3.36. The van der Waals surface area contributed by atoms with E-state index >= 15 is 0 Å². The van der Waals surface area contributed by atoms with E-state index in [1.807, 2.05) is 0 Å². The Morgan fingerprint density at radius 1 is 1.06 bits per heavy atom. The van der Waals surface area contributed by atoms with Crippen LogP contribution >= 0.6 is 0 Å². The van der Waals surface area contributed by atoms with Gasteiger partial charge in [-0.3, -0.25) is 0 Å². The molecule has 100 valence electrons. The van der Waals surface area contributed by atoms with Crippen LogP contribution in [0.4, 0.5) is 0 Å². The van der Waals surface area contributed by atoms with Crippen molar-refractivity contribution in [3.05, 3.63) is 35.9 Å². The van der Waals surface area contributed by atoms with E-state index in [4.69, 9.17) is 0 Å². The summed E-state index contributed by atoms with van der Waals surface area (Å²) in [6, 6.07) is 11.7. The van der Waals surface area contributed by atoms with Crippen LogP contribution in [0.2, 0.25) is 0 Å². The Morgan fingerprint density at radius 3 is 2.11 bits per heavy atom. The first kappa shape index (κ1) is 13.6. The van der Waals surface area contributed by atoms with E-state index in [2.05, 4.69) is 62.9 Å². The van der Waals surface area contributed by atoms with Gasteiger partial charge in [0.25, 0.3) is 0 Å². The first-order valence-electron chi connectivity index (χ1n) is 7.36. The Morgan fingerprint density at radius 2 is 1.61 bits per heavy atom. The molecule has 0 amide bonds. The van der Waals surface area contributed by atoms with Gasteiger partial charge in [-0.2, -0.15) is 0 Å². The summed E-state index contributed by atoms with van der Waals surface area (Å²) in [7, 11) is 0. The number of hydrogen-bond acceptors (Lipinski definition) is 1. The molecule has 1 fully saturated rings. The van der Waals surface area contributed by atoms with Crippen LogP contribution < -0.4 is 0 Å². The summed E-state index contributed by atoms with van der Waals surface area (Å²) in [5, 5.41) is 0. The van der Waals surface area contributed by atoms with Crippen LogP contribution in [0.25, 0.3) is 0 Å². The van der Waals surface area contributed by atoms with Crippen molar-refractivity contribution in [3.63, 3.8) is 0 Å². The number of piperidine rings is 1. The highest BCUT2D eigenvalue weighted by Gasteiger charge is 2.32. The van der Waals surface area contributed by atoms with Crippen molar-refractivity contribution in [1.29, 1.82) is 0 Å². The van der Waals surface area contributed by atoms with Gasteiger partial charge in [0.1, 0.15) is 0 Å². The molecule has 1 heteroatoms. The summed E-state index contributed by atoms with van der Waals surface area (Å²) in [4.78, 5) is 2.64. The monoisotopic (exact) mass is 245 g/mol. The van der Waals surface area contributed by atoms with Crippen LogP contribution in [0.15, 0.2) is 30.3 Å². The molecule has 1 saturated heterocycles. The number of rotatable bonds is 3. The molecule has 0 spiro atoms. The molecule has 18 heavy (non-hydrogen) atoms. The SMILES string of the molecule is CC1CN(C(C)C)CC(C)C1Cc1ccccc1. The second-order valence-electron chi connectivity index (χ2n) is 6.36. The van der Waals surface area contributed by atoms with Gasteiger partial charge in [0, 0.05) is 19.1 Å². The molecular weight excluding hydrogens is 218 g/mol. The minimum absolute atomic E-state index is 0.688. The van der Waals surface area contributed by atoms with Crippen LogP contribution in [0.5, 0.6) is 0 Å². The fraction of sp³-hybridized carbons (Fsp3) is 0.647. The maximum absolute atomic E-state index is 2.64. The summed E-state index contributed by atoms with van der Waals surface area (Å²) >= 11 is 0. The molecule has 1 aliphatic heterocycles. The Balaban J connectivity index is 2.01. The highest BCUT2D eigenvalue weighted by molar-refractivity contribution is 5.15. The van der Waals surface area contributed by atoms with Gasteiger partial charge in [0.2, 0.25) is 0 Å². The predicted molar refractivity (Wildman–Crippen MR) is 78.7 cm³/mol. The van der Waals surface area contributed by atoms with Gasteiger partial charge < -0.3 is 4.90 Å². The summed E-state index contributed by atoms with van der Waals surface area (Å²) in [5.74, 6) is 2.44. The van der Waals surface area contributed by atoms with Crippen molar-refractivity contribution in [1.82, 2.24) is 4.90 Å². The first-order valence-corrected chi connectivity index (χ1v) is 7.36. The minimum atomic E-state index is 0.688. The van der Waals surface area contributed by atoms with Crippen LogP contribution in [0.3, 0.4) is 0 Å². The molecule has 1 aromatic rings. The standard InChI is InChI=1S/C17H27N/c1-13(2)18-11-14(3)17(15(4)12-18)10-16-8-6-5-7-9-16/h5-9,13-15,17H,10-12H2,1-4H3. The zero-order chi connectivity index (χ0) is 13.1. The fourth-order valence-electron chi connectivity index (χ4n) is 3.36. The number of nitrogens with zero attached hydrogens (tertiary/aromatic N) is 1. The van der Waals surface area contributed by atoms with Crippen LogP contribution in [0.1, 0.15) is 33.3 Å². The van der Waals surface area contributed by atoms with Crippen molar-refractivity contribution >= 4 is 0 Å². The molecule has 1 heterocycles. The molecule has 2 rings (SSSR count). The lowest BCUT2D eigenvalue weighted by atomic mass is 9.75. The molecule has 1 nitrogen and oxygen atoms in total. The van der Waals surface area contributed by atoms with Crippen molar-refractivity contribution in [2.75, 3.05) is 13.1 Å². The van der Waals surface area contributed by atoms with E-state index in [1.54, 1.807) is 0 Å². The number of hydrogen-bond donors (Lipinski definition) is 0. The molecule has 0 aliphatic carbocycles. The third kappa shape index (κ3) is 3.14. The maximum atomic E-state index is 2.64. The predicted octanol–water partition coefficient (Wildman–Crippen LogP) is 3.84.